The van der Waals surface area contributed by atoms with Crippen LogP contribution in [-0.4, -0.2) is 31.1 Å². The number of halogens is 3. The second kappa shape index (κ2) is 7.08. The third-order valence-electron chi connectivity index (χ3n) is 1.75. The minimum absolute atomic E-state index is 0.00433. The van der Waals surface area contributed by atoms with Crippen LogP contribution in [0.2, 0.25) is 0 Å². The van der Waals surface area contributed by atoms with E-state index in [1.54, 1.807) is 5.32 Å². The van der Waals surface area contributed by atoms with Gasteiger partial charge in [-0.15, -0.1) is 0 Å². The molecule has 0 aromatic rings. The fraction of sp³-hybridized carbons (Fsp3) is 0.778. The van der Waals surface area contributed by atoms with Gasteiger partial charge in [-0.25, -0.2) is 0 Å². The first-order valence-electron chi connectivity index (χ1n) is 4.99. The molecule has 16 heavy (non-hydrogen) atoms. The first-order valence-corrected chi connectivity index (χ1v) is 4.99. The lowest BCUT2D eigenvalue weighted by molar-refractivity contribution is -0.173. The Kier molecular flexibility index (Phi) is 6.52. The lowest BCUT2D eigenvalue weighted by atomic mass is 10.2. The van der Waals surface area contributed by atoms with Crippen LogP contribution in [0.3, 0.4) is 0 Å². The molecule has 0 unspecified atom stereocenters. The van der Waals surface area contributed by atoms with E-state index in [0.29, 0.717) is 6.42 Å². The number of nitrogens with one attached hydrogen (secondary N) is 2. The zero-order chi connectivity index (χ0) is 12.6. The number of hydrogen-bond donors (Lipinski definition) is 2. The lowest BCUT2D eigenvalue weighted by Gasteiger charge is -2.08. The summed E-state index contributed by atoms with van der Waals surface area (Å²) in [6.07, 6.45) is -2.91. The van der Waals surface area contributed by atoms with Crippen molar-refractivity contribution in [2.45, 2.75) is 32.4 Å². The van der Waals surface area contributed by atoms with Crippen molar-refractivity contribution in [2.75, 3.05) is 13.1 Å². The third-order valence-corrected chi connectivity index (χ3v) is 1.75. The highest BCUT2D eigenvalue weighted by molar-refractivity contribution is 5.81. The molecule has 0 spiro atoms. The average Bonchev–Trinajstić information content (AvgIpc) is 2.19. The van der Waals surface area contributed by atoms with E-state index in [0.717, 1.165) is 12.8 Å². The Hall–Kier alpha value is -1.27. The van der Waals surface area contributed by atoms with Crippen molar-refractivity contribution in [2.24, 2.45) is 0 Å². The predicted molar refractivity (Wildman–Crippen MR) is 51.6 cm³/mol. The standard InChI is InChI=1S/C9H15F3N2O2/c1-2-3-4-7(15)13-5-6-14-8(16)9(10,11)12/h2-6H2,1H3,(H,13,15)(H,14,16). The summed E-state index contributed by atoms with van der Waals surface area (Å²) in [5, 5.41) is 4.06. The highest BCUT2D eigenvalue weighted by Gasteiger charge is 2.38. The van der Waals surface area contributed by atoms with Crippen LogP contribution in [0.15, 0.2) is 0 Å². The van der Waals surface area contributed by atoms with Crippen LogP contribution in [-0.2, 0) is 9.59 Å². The number of unbranched alkanes of at least 4 members (excludes halogenated alkanes) is 1. The molecule has 0 rings (SSSR count). The van der Waals surface area contributed by atoms with E-state index in [4.69, 9.17) is 0 Å². The normalized spacial score (nSPS) is 11.0. The van der Waals surface area contributed by atoms with Gasteiger partial charge >= 0.3 is 12.1 Å². The quantitative estimate of drug-likeness (QED) is 0.680. The lowest BCUT2D eigenvalue weighted by Crippen LogP contribution is -2.41. The highest BCUT2D eigenvalue weighted by atomic mass is 19.4. The monoisotopic (exact) mass is 240 g/mol. The Balaban J connectivity index is 3.54. The van der Waals surface area contributed by atoms with E-state index >= 15 is 0 Å². The molecule has 4 nitrogen and oxygen atoms in total. The minimum Gasteiger partial charge on any atom is -0.354 e. The molecule has 0 aromatic heterocycles. The third kappa shape index (κ3) is 7.08. The Labute approximate surface area is 91.6 Å². The number of carbonyl (C=O) groups is 2. The molecular formula is C9H15F3N2O2. The summed E-state index contributed by atoms with van der Waals surface area (Å²) < 4.78 is 35.1. The predicted octanol–water partition coefficient (Wildman–Crippen LogP) is 0.971. The molecule has 7 heteroatoms. The maximum absolute atomic E-state index is 11.7. The van der Waals surface area contributed by atoms with Gasteiger partial charge in [0.1, 0.15) is 0 Å². The molecule has 94 valence electrons. The summed E-state index contributed by atoms with van der Waals surface area (Å²) in [6, 6.07) is 0. The molecule has 0 radical (unpaired) electrons. The van der Waals surface area contributed by atoms with Crippen LogP contribution in [0.1, 0.15) is 26.2 Å². The van der Waals surface area contributed by atoms with E-state index in [9.17, 15) is 22.8 Å². The van der Waals surface area contributed by atoms with Crippen molar-refractivity contribution in [3.8, 4) is 0 Å². The Morgan fingerprint density at radius 3 is 2.19 bits per heavy atom. The maximum Gasteiger partial charge on any atom is 0.471 e. The molecule has 0 fully saturated rings. The largest absolute Gasteiger partial charge is 0.471 e. The van der Waals surface area contributed by atoms with E-state index in [1.807, 2.05) is 6.92 Å². The van der Waals surface area contributed by atoms with Gasteiger partial charge < -0.3 is 10.6 Å². The van der Waals surface area contributed by atoms with Gasteiger partial charge in [-0.05, 0) is 6.42 Å². The van der Waals surface area contributed by atoms with Gasteiger partial charge in [0.05, 0.1) is 0 Å². The molecule has 0 saturated carbocycles. The Morgan fingerprint density at radius 1 is 1.12 bits per heavy atom. The molecule has 0 aromatic carbocycles. The summed E-state index contributed by atoms with van der Waals surface area (Å²) >= 11 is 0. The number of carbonyl (C=O) groups excluding carboxylic acids is 2. The van der Waals surface area contributed by atoms with E-state index in [1.165, 1.54) is 0 Å². The number of amides is 2. The van der Waals surface area contributed by atoms with Crippen LogP contribution in [0.25, 0.3) is 0 Å². The summed E-state index contributed by atoms with van der Waals surface area (Å²) in [5.41, 5.74) is 0. The van der Waals surface area contributed by atoms with E-state index in [2.05, 4.69) is 5.32 Å². The van der Waals surface area contributed by atoms with Gasteiger partial charge in [0, 0.05) is 19.5 Å². The van der Waals surface area contributed by atoms with Crippen LogP contribution in [0.4, 0.5) is 13.2 Å². The smallest absolute Gasteiger partial charge is 0.354 e. The van der Waals surface area contributed by atoms with Gasteiger partial charge in [-0.3, -0.25) is 9.59 Å². The maximum atomic E-state index is 11.7. The topological polar surface area (TPSA) is 58.2 Å². The summed E-state index contributed by atoms with van der Waals surface area (Å²) in [5.74, 6) is -2.21. The van der Waals surface area contributed by atoms with Crippen molar-refractivity contribution in [1.82, 2.24) is 10.6 Å². The average molecular weight is 240 g/mol. The Bertz CT molecular complexity index is 241. The highest BCUT2D eigenvalue weighted by Crippen LogP contribution is 2.13. The molecule has 2 N–H and O–H groups in total. The van der Waals surface area contributed by atoms with Crippen LogP contribution < -0.4 is 10.6 Å². The van der Waals surface area contributed by atoms with Gasteiger partial charge in [0.15, 0.2) is 0 Å². The zero-order valence-corrected chi connectivity index (χ0v) is 8.99. The van der Waals surface area contributed by atoms with Crippen molar-refractivity contribution in [3.05, 3.63) is 0 Å². The van der Waals surface area contributed by atoms with Gasteiger partial charge in [0.25, 0.3) is 0 Å². The molecule has 0 aliphatic rings. The van der Waals surface area contributed by atoms with Crippen LogP contribution >= 0.6 is 0 Å². The van der Waals surface area contributed by atoms with Crippen molar-refractivity contribution >= 4 is 11.8 Å². The second-order valence-corrected chi connectivity index (χ2v) is 3.21. The first-order chi connectivity index (χ1) is 7.38. The summed E-state index contributed by atoms with van der Waals surface area (Å²) in [4.78, 5) is 21.3. The van der Waals surface area contributed by atoms with Gasteiger partial charge in [-0.1, -0.05) is 13.3 Å². The molecule has 0 atom stereocenters. The molecule has 0 heterocycles. The number of rotatable bonds is 6. The van der Waals surface area contributed by atoms with Crippen molar-refractivity contribution in [3.63, 3.8) is 0 Å². The van der Waals surface area contributed by atoms with Crippen molar-refractivity contribution < 1.29 is 22.8 Å². The molecule has 0 aliphatic carbocycles. The van der Waals surface area contributed by atoms with Crippen LogP contribution in [0, 0.1) is 0 Å². The minimum atomic E-state index is -4.87. The van der Waals surface area contributed by atoms with Crippen molar-refractivity contribution in [1.29, 1.82) is 0 Å². The molecule has 0 bridgehead atoms. The summed E-state index contributed by atoms with van der Waals surface area (Å²) in [6.45, 7) is 1.71. The fourth-order valence-electron chi connectivity index (χ4n) is 0.904. The zero-order valence-electron chi connectivity index (χ0n) is 8.99. The molecule has 0 saturated heterocycles. The summed E-state index contributed by atoms with van der Waals surface area (Å²) in [7, 11) is 0. The fourth-order valence-corrected chi connectivity index (χ4v) is 0.904. The SMILES string of the molecule is CCCCC(=O)NCCNC(=O)C(F)(F)F. The number of hydrogen-bond acceptors (Lipinski definition) is 2. The second-order valence-electron chi connectivity index (χ2n) is 3.21. The van der Waals surface area contributed by atoms with E-state index < -0.39 is 12.1 Å². The Morgan fingerprint density at radius 2 is 1.69 bits per heavy atom. The number of alkyl halides is 3. The van der Waals surface area contributed by atoms with Gasteiger partial charge in [0.2, 0.25) is 5.91 Å². The molecule has 0 aliphatic heterocycles. The first kappa shape index (κ1) is 14.7. The molecular weight excluding hydrogens is 225 g/mol. The van der Waals surface area contributed by atoms with Crippen LogP contribution in [0.5, 0.6) is 0 Å². The van der Waals surface area contributed by atoms with Gasteiger partial charge in [-0.2, -0.15) is 13.2 Å². The molecule has 2 amide bonds. The van der Waals surface area contributed by atoms with E-state index in [-0.39, 0.29) is 19.0 Å².